The van der Waals surface area contributed by atoms with Crippen LogP contribution in [0.5, 0.6) is 5.88 Å². The first-order valence-corrected chi connectivity index (χ1v) is 8.02. The molecule has 0 aliphatic carbocycles. The number of hydrogen-bond donors (Lipinski definition) is 1. The maximum atomic E-state index is 12.3. The van der Waals surface area contributed by atoms with Crippen LogP contribution >= 0.6 is 0 Å². The Hall–Kier alpha value is -2.21. The maximum Gasteiger partial charge on any atom is 0.255 e. The first-order chi connectivity index (χ1) is 11.2. The van der Waals surface area contributed by atoms with Crippen LogP contribution in [0.15, 0.2) is 23.1 Å². The minimum absolute atomic E-state index is 0.00121. The van der Waals surface area contributed by atoms with Gasteiger partial charge in [-0.05, 0) is 12.5 Å². The van der Waals surface area contributed by atoms with E-state index in [-0.39, 0.29) is 5.56 Å². The lowest BCUT2D eigenvalue weighted by Crippen LogP contribution is -2.35. The molecule has 0 fully saturated rings. The Kier molecular flexibility index (Phi) is 4.71. The highest BCUT2D eigenvalue weighted by Gasteiger charge is 2.22. The summed E-state index contributed by atoms with van der Waals surface area (Å²) < 4.78 is 5.30. The van der Waals surface area contributed by atoms with Gasteiger partial charge in [-0.3, -0.25) is 9.69 Å². The Morgan fingerprint density at radius 1 is 1.43 bits per heavy atom. The molecule has 6 nitrogen and oxygen atoms in total. The number of hydrogen-bond acceptors (Lipinski definition) is 5. The van der Waals surface area contributed by atoms with Gasteiger partial charge < -0.3 is 9.72 Å². The third-order valence-corrected chi connectivity index (χ3v) is 4.12. The van der Waals surface area contributed by atoms with E-state index in [0.29, 0.717) is 19.0 Å². The third-order valence-electron chi connectivity index (χ3n) is 4.12. The molecular formula is C17H22N4O2. The second kappa shape index (κ2) is 6.91. The van der Waals surface area contributed by atoms with Gasteiger partial charge in [-0.1, -0.05) is 13.0 Å². The zero-order chi connectivity index (χ0) is 16.2. The second-order valence-electron chi connectivity index (χ2n) is 5.82. The van der Waals surface area contributed by atoms with E-state index in [9.17, 15) is 4.79 Å². The molecule has 3 rings (SSSR count). The van der Waals surface area contributed by atoms with Gasteiger partial charge in [-0.2, -0.15) is 0 Å². The van der Waals surface area contributed by atoms with Crippen LogP contribution in [-0.2, 0) is 25.9 Å². The highest BCUT2D eigenvalue weighted by molar-refractivity contribution is 5.26. The third kappa shape index (κ3) is 3.42. The van der Waals surface area contributed by atoms with Crippen LogP contribution in [0.25, 0.3) is 0 Å². The average molecular weight is 314 g/mol. The van der Waals surface area contributed by atoms with Gasteiger partial charge in [0.05, 0.1) is 18.4 Å². The molecule has 0 spiro atoms. The van der Waals surface area contributed by atoms with Gasteiger partial charge in [0.1, 0.15) is 5.82 Å². The number of H-pyrrole nitrogens is 1. The van der Waals surface area contributed by atoms with Crippen LogP contribution in [-0.4, -0.2) is 33.5 Å². The molecule has 0 amide bonds. The Morgan fingerprint density at radius 2 is 2.30 bits per heavy atom. The predicted octanol–water partition coefficient (Wildman–Crippen LogP) is 1.68. The first kappa shape index (κ1) is 15.7. The summed E-state index contributed by atoms with van der Waals surface area (Å²) in [6.07, 6.45) is 4.32. The molecule has 3 heterocycles. The summed E-state index contributed by atoms with van der Waals surface area (Å²) in [7, 11) is 1.63. The molecule has 0 aromatic carbocycles. The molecule has 23 heavy (non-hydrogen) atoms. The molecule has 122 valence electrons. The fourth-order valence-electron chi connectivity index (χ4n) is 2.99. The summed E-state index contributed by atoms with van der Waals surface area (Å²) in [6, 6.07) is 3.91. The van der Waals surface area contributed by atoms with Gasteiger partial charge in [-0.25, -0.2) is 9.97 Å². The fraction of sp³-hybridized carbons (Fsp3) is 0.471. The molecule has 2 aromatic heterocycles. The van der Waals surface area contributed by atoms with E-state index in [1.807, 2.05) is 12.1 Å². The van der Waals surface area contributed by atoms with Crippen molar-refractivity contribution in [1.29, 1.82) is 0 Å². The van der Waals surface area contributed by atoms with Gasteiger partial charge in [-0.15, -0.1) is 0 Å². The van der Waals surface area contributed by atoms with Crippen molar-refractivity contribution in [2.45, 2.75) is 39.3 Å². The van der Waals surface area contributed by atoms with Crippen molar-refractivity contribution in [3.63, 3.8) is 0 Å². The number of rotatable bonds is 5. The molecule has 6 heteroatoms. The molecular weight excluding hydrogens is 292 g/mol. The largest absolute Gasteiger partial charge is 0.481 e. The predicted molar refractivity (Wildman–Crippen MR) is 87.5 cm³/mol. The molecule has 0 atom stereocenters. The number of fused-ring (bicyclic) bond motifs is 1. The number of nitrogens with zero attached hydrogens (tertiary/aromatic N) is 3. The second-order valence-corrected chi connectivity index (χ2v) is 5.82. The summed E-state index contributed by atoms with van der Waals surface area (Å²) in [6.45, 7) is 4.30. The Bertz CT molecular complexity index is 742. The van der Waals surface area contributed by atoms with Crippen molar-refractivity contribution in [1.82, 2.24) is 19.9 Å². The molecule has 0 saturated carbocycles. The summed E-state index contributed by atoms with van der Waals surface area (Å²) in [5, 5.41) is 0. The summed E-state index contributed by atoms with van der Waals surface area (Å²) >= 11 is 0. The van der Waals surface area contributed by atoms with Crippen molar-refractivity contribution in [3.05, 3.63) is 51.3 Å². The Morgan fingerprint density at radius 3 is 3.09 bits per heavy atom. The number of aryl methyl sites for hydroxylation is 1. The van der Waals surface area contributed by atoms with E-state index >= 15 is 0 Å². The smallest absolute Gasteiger partial charge is 0.255 e. The lowest BCUT2D eigenvalue weighted by Gasteiger charge is -2.28. The van der Waals surface area contributed by atoms with E-state index in [1.54, 1.807) is 13.3 Å². The van der Waals surface area contributed by atoms with E-state index in [0.717, 1.165) is 48.5 Å². The van der Waals surface area contributed by atoms with Crippen molar-refractivity contribution in [3.8, 4) is 5.88 Å². The molecule has 1 aliphatic rings. The number of pyridine rings is 1. The average Bonchev–Trinajstić information content (AvgIpc) is 2.56. The summed E-state index contributed by atoms with van der Waals surface area (Å²) in [5.41, 5.74) is 2.78. The van der Waals surface area contributed by atoms with Crippen LogP contribution in [0.1, 0.15) is 36.0 Å². The highest BCUT2D eigenvalue weighted by Crippen LogP contribution is 2.20. The SMILES string of the molecule is CCCc1nc2c(c(=O)[nH]1)CN(Cc1cccnc1OC)CC2. The standard InChI is InChI=1S/C17H22N4O2/c1-3-5-15-19-14-7-9-21(11-13(14)16(22)20-15)10-12-6-4-8-18-17(12)23-2/h4,6,8H,3,5,7,9-11H2,1-2H3,(H,19,20,22). The van der Waals surface area contributed by atoms with E-state index in [2.05, 4.69) is 26.8 Å². The number of methoxy groups -OCH3 is 1. The molecule has 0 saturated heterocycles. The highest BCUT2D eigenvalue weighted by atomic mass is 16.5. The van der Waals surface area contributed by atoms with Gasteiger partial charge in [0.25, 0.3) is 5.56 Å². The quantitative estimate of drug-likeness (QED) is 0.909. The molecule has 0 unspecified atom stereocenters. The van der Waals surface area contributed by atoms with Crippen molar-refractivity contribution >= 4 is 0 Å². The number of ether oxygens (including phenoxy) is 1. The molecule has 2 aromatic rings. The van der Waals surface area contributed by atoms with Gasteiger partial charge in [0, 0.05) is 44.2 Å². The summed E-state index contributed by atoms with van der Waals surface area (Å²) in [5.74, 6) is 1.45. The number of nitrogens with one attached hydrogen (secondary N) is 1. The Labute approximate surface area is 135 Å². The van der Waals surface area contributed by atoms with E-state index < -0.39 is 0 Å². The van der Waals surface area contributed by atoms with Crippen molar-refractivity contribution < 1.29 is 4.74 Å². The zero-order valence-corrected chi connectivity index (χ0v) is 13.6. The molecule has 0 radical (unpaired) electrons. The lowest BCUT2D eigenvalue weighted by atomic mass is 10.1. The van der Waals surface area contributed by atoms with Gasteiger partial charge in [0.2, 0.25) is 5.88 Å². The first-order valence-electron chi connectivity index (χ1n) is 8.02. The molecule has 0 bridgehead atoms. The van der Waals surface area contributed by atoms with Crippen LogP contribution in [0.2, 0.25) is 0 Å². The monoisotopic (exact) mass is 314 g/mol. The van der Waals surface area contributed by atoms with Gasteiger partial charge >= 0.3 is 0 Å². The van der Waals surface area contributed by atoms with E-state index in [4.69, 9.17) is 4.74 Å². The minimum Gasteiger partial charge on any atom is -0.481 e. The van der Waals surface area contributed by atoms with Crippen LogP contribution < -0.4 is 10.3 Å². The van der Waals surface area contributed by atoms with Gasteiger partial charge in [0.15, 0.2) is 0 Å². The summed E-state index contributed by atoms with van der Waals surface area (Å²) in [4.78, 5) is 26.3. The fourth-order valence-corrected chi connectivity index (χ4v) is 2.99. The zero-order valence-electron chi connectivity index (χ0n) is 13.6. The lowest BCUT2D eigenvalue weighted by molar-refractivity contribution is 0.236. The molecule has 1 N–H and O–H groups in total. The van der Waals surface area contributed by atoms with Crippen molar-refractivity contribution in [2.75, 3.05) is 13.7 Å². The van der Waals surface area contributed by atoms with Crippen LogP contribution in [0.4, 0.5) is 0 Å². The Balaban J connectivity index is 1.79. The number of aromatic nitrogens is 3. The van der Waals surface area contributed by atoms with Crippen molar-refractivity contribution in [2.24, 2.45) is 0 Å². The topological polar surface area (TPSA) is 71.1 Å². The minimum atomic E-state index is 0.00121. The van der Waals surface area contributed by atoms with Crippen LogP contribution in [0, 0.1) is 0 Å². The molecule has 1 aliphatic heterocycles. The normalized spacial score (nSPS) is 14.5. The maximum absolute atomic E-state index is 12.3. The van der Waals surface area contributed by atoms with E-state index in [1.165, 1.54) is 0 Å². The van der Waals surface area contributed by atoms with Crippen LogP contribution in [0.3, 0.4) is 0 Å². The number of aromatic amines is 1.